The molecule has 1 N–H and O–H groups in total. The van der Waals surface area contributed by atoms with Gasteiger partial charge >= 0.3 is 6.18 Å². The van der Waals surface area contributed by atoms with Crippen LogP contribution in [0.1, 0.15) is 25.1 Å². The van der Waals surface area contributed by atoms with Crippen molar-refractivity contribution in [1.29, 1.82) is 0 Å². The molecule has 1 aliphatic heterocycles. The van der Waals surface area contributed by atoms with E-state index in [1.54, 1.807) is 13.8 Å². The van der Waals surface area contributed by atoms with Crippen LogP contribution in [0.4, 0.5) is 13.2 Å². The van der Waals surface area contributed by atoms with Crippen LogP contribution in [0.2, 0.25) is 5.15 Å². The molecule has 0 bridgehead atoms. The number of nitrogens with zero attached hydrogens (tertiary/aromatic N) is 2. The van der Waals surface area contributed by atoms with E-state index in [9.17, 15) is 21.6 Å². The monoisotopic (exact) mass is 359 g/mol. The van der Waals surface area contributed by atoms with Crippen LogP contribution in [-0.2, 0) is 33.7 Å². The predicted molar refractivity (Wildman–Crippen MR) is 72.2 cm³/mol. The van der Waals surface area contributed by atoms with E-state index in [2.05, 4.69) is 10.6 Å². The average molecular weight is 360 g/mol. The van der Waals surface area contributed by atoms with Crippen LogP contribution in [0.15, 0.2) is 11.1 Å². The summed E-state index contributed by atoms with van der Waals surface area (Å²) in [6.07, 6.45) is -3.52. The highest BCUT2D eigenvalue weighted by Crippen LogP contribution is 2.36. The van der Waals surface area contributed by atoms with Crippen molar-refractivity contribution in [3.8, 4) is 0 Å². The van der Waals surface area contributed by atoms with E-state index in [1.807, 2.05) is 0 Å². The van der Waals surface area contributed by atoms with Gasteiger partial charge in [0.1, 0.15) is 10.8 Å². The molecule has 0 unspecified atom stereocenters. The molecule has 2 heterocycles. The summed E-state index contributed by atoms with van der Waals surface area (Å²) in [5.74, 6) is -0.938. The molecule has 0 saturated carbocycles. The van der Waals surface area contributed by atoms with E-state index in [0.29, 0.717) is 0 Å². The zero-order chi connectivity index (χ0) is 16.9. The molecule has 0 aliphatic carbocycles. The molecule has 0 saturated heterocycles. The number of hydrogen-bond donors (Lipinski definition) is 1. The molecule has 0 aromatic carbocycles. The molecular weight excluding hydrogens is 347 g/mol. The Morgan fingerprint density at radius 3 is 2.50 bits per heavy atom. The first-order valence-electron chi connectivity index (χ1n) is 6.02. The summed E-state index contributed by atoms with van der Waals surface area (Å²) in [5, 5.41) is 2.56. The minimum atomic E-state index is -4.80. The van der Waals surface area contributed by atoms with Crippen molar-refractivity contribution >= 4 is 21.4 Å². The second kappa shape index (κ2) is 5.14. The molecule has 1 aromatic rings. The molecular formula is C11H13ClF3N3O3S. The van der Waals surface area contributed by atoms with E-state index in [0.717, 1.165) is 4.68 Å². The normalized spacial score (nSPS) is 18.2. The lowest BCUT2D eigenvalue weighted by Crippen LogP contribution is -2.22. The van der Waals surface area contributed by atoms with Gasteiger partial charge < -0.3 is 0 Å². The van der Waals surface area contributed by atoms with E-state index >= 15 is 0 Å². The Morgan fingerprint density at radius 2 is 2.05 bits per heavy atom. The summed E-state index contributed by atoms with van der Waals surface area (Å²) >= 11 is 5.75. The molecule has 1 aliphatic rings. The first-order chi connectivity index (χ1) is 9.83. The van der Waals surface area contributed by atoms with E-state index in [1.165, 1.54) is 13.1 Å². The van der Waals surface area contributed by atoms with Gasteiger partial charge in [-0.3, -0.25) is 15.0 Å². The summed E-state index contributed by atoms with van der Waals surface area (Å²) in [7, 11) is -2.89. The highest BCUT2D eigenvalue weighted by atomic mass is 35.5. The minimum absolute atomic E-state index is 0.300. The van der Waals surface area contributed by atoms with E-state index in [4.69, 9.17) is 16.4 Å². The maximum absolute atomic E-state index is 12.9. The van der Waals surface area contributed by atoms with Gasteiger partial charge in [0.2, 0.25) is 0 Å². The molecule has 0 spiro atoms. The second-order valence-electron chi connectivity index (χ2n) is 5.31. The Hall–Kier alpha value is -1.26. The highest BCUT2D eigenvalue weighted by molar-refractivity contribution is 7.94. The molecule has 22 heavy (non-hydrogen) atoms. The molecule has 0 radical (unpaired) electrons. The Kier molecular flexibility index (Phi) is 3.99. The first-order valence-corrected chi connectivity index (χ1v) is 8.05. The van der Waals surface area contributed by atoms with Gasteiger partial charge in [0.05, 0.1) is 5.75 Å². The summed E-state index contributed by atoms with van der Waals surface area (Å²) < 4.78 is 64.1. The van der Waals surface area contributed by atoms with Crippen molar-refractivity contribution in [2.45, 2.75) is 31.4 Å². The van der Waals surface area contributed by atoms with Gasteiger partial charge in [0, 0.05) is 12.6 Å². The van der Waals surface area contributed by atoms with Gasteiger partial charge in [-0.25, -0.2) is 8.42 Å². The van der Waals surface area contributed by atoms with Crippen molar-refractivity contribution in [1.82, 2.24) is 15.3 Å². The Balaban J connectivity index is 2.44. The minimum Gasteiger partial charge on any atom is -0.265 e. The van der Waals surface area contributed by atoms with Crippen LogP contribution < -0.4 is 5.48 Å². The number of alkyl halides is 3. The van der Waals surface area contributed by atoms with E-state index < -0.39 is 38.6 Å². The molecule has 0 atom stereocenters. The van der Waals surface area contributed by atoms with Gasteiger partial charge in [-0.15, -0.1) is 0 Å². The number of sulfone groups is 1. The van der Waals surface area contributed by atoms with Crippen molar-refractivity contribution in [2.24, 2.45) is 7.05 Å². The number of nitrogens with one attached hydrogen (secondary N) is 1. The zero-order valence-corrected chi connectivity index (χ0v) is 13.4. The van der Waals surface area contributed by atoms with Crippen molar-refractivity contribution < 1.29 is 26.4 Å². The molecule has 6 nitrogen and oxygen atoms in total. The molecule has 2 rings (SSSR count). The van der Waals surface area contributed by atoms with Crippen molar-refractivity contribution in [2.75, 3.05) is 0 Å². The molecule has 0 amide bonds. The Labute approximate surface area is 129 Å². The topological polar surface area (TPSA) is 73.2 Å². The summed E-state index contributed by atoms with van der Waals surface area (Å²) in [6, 6.07) is 0. The van der Waals surface area contributed by atoms with Crippen LogP contribution in [0.5, 0.6) is 0 Å². The Morgan fingerprint density at radius 1 is 1.45 bits per heavy atom. The standard InChI is InChI=1S/C11H13ClF3N3O3S/c1-10(2)4-7(17-21-10)22(19,20)5-6-8(11(13,14)15)16-18(3)9(6)12/h4,17H,5H2,1-3H3. The van der Waals surface area contributed by atoms with Crippen LogP contribution in [0.25, 0.3) is 0 Å². The maximum atomic E-state index is 12.9. The fourth-order valence-corrected chi connectivity index (χ4v) is 3.59. The fourth-order valence-electron chi connectivity index (χ4n) is 1.88. The lowest BCUT2D eigenvalue weighted by molar-refractivity contribution is -0.141. The lowest BCUT2D eigenvalue weighted by Gasteiger charge is -2.11. The first kappa shape index (κ1) is 17.1. The molecule has 124 valence electrons. The van der Waals surface area contributed by atoms with Crippen molar-refractivity contribution in [3.63, 3.8) is 0 Å². The summed E-state index contributed by atoms with van der Waals surface area (Å²) in [4.78, 5) is 5.01. The van der Waals surface area contributed by atoms with Gasteiger partial charge in [-0.1, -0.05) is 11.6 Å². The smallest absolute Gasteiger partial charge is 0.265 e. The van der Waals surface area contributed by atoms with Crippen LogP contribution in [0, 0.1) is 0 Å². The van der Waals surface area contributed by atoms with E-state index in [-0.39, 0.29) is 10.2 Å². The SMILES string of the molecule is Cn1nc(C(F)(F)F)c(CS(=O)(=O)C2=CC(C)(C)ON2)c1Cl. The maximum Gasteiger partial charge on any atom is 0.435 e. The number of aromatic nitrogens is 2. The largest absolute Gasteiger partial charge is 0.435 e. The summed E-state index contributed by atoms with van der Waals surface area (Å²) in [6.45, 7) is 3.20. The average Bonchev–Trinajstić information content (AvgIpc) is 2.83. The summed E-state index contributed by atoms with van der Waals surface area (Å²) in [5.41, 5.74) is -0.578. The number of halogens is 4. The molecule has 1 aromatic heterocycles. The fraction of sp³-hybridized carbons (Fsp3) is 0.545. The van der Waals surface area contributed by atoms with Crippen LogP contribution in [-0.4, -0.2) is 23.8 Å². The van der Waals surface area contributed by atoms with Gasteiger partial charge in [-0.2, -0.15) is 18.3 Å². The third-order valence-electron chi connectivity index (χ3n) is 2.90. The van der Waals surface area contributed by atoms with Gasteiger partial charge in [-0.05, 0) is 19.9 Å². The van der Waals surface area contributed by atoms with Gasteiger partial charge in [0.25, 0.3) is 0 Å². The zero-order valence-electron chi connectivity index (χ0n) is 11.8. The Bertz CT molecular complexity index is 738. The van der Waals surface area contributed by atoms with Gasteiger partial charge in [0.15, 0.2) is 20.6 Å². The number of hydroxylamine groups is 1. The number of rotatable bonds is 3. The number of hydrogen-bond acceptors (Lipinski definition) is 5. The number of aryl methyl sites for hydroxylation is 1. The quantitative estimate of drug-likeness (QED) is 0.895. The molecule has 11 heteroatoms. The van der Waals surface area contributed by atoms with Crippen molar-refractivity contribution in [3.05, 3.63) is 27.5 Å². The third kappa shape index (κ3) is 3.23. The highest BCUT2D eigenvalue weighted by Gasteiger charge is 2.41. The molecule has 0 fully saturated rings. The predicted octanol–water partition coefficient (Wildman–Crippen LogP) is 2.16. The lowest BCUT2D eigenvalue weighted by atomic mass is 10.1. The van der Waals surface area contributed by atoms with Crippen LogP contribution in [0.3, 0.4) is 0 Å². The van der Waals surface area contributed by atoms with Crippen LogP contribution >= 0.6 is 11.6 Å². The third-order valence-corrected chi connectivity index (χ3v) is 4.91. The second-order valence-corrected chi connectivity index (χ2v) is 7.63.